The maximum Gasteiger partial charge on any atom is 0.225 e. The van der Waals surface area contributed by atoms with Crippen molar-refractivity contribution >= 4 is 22.5 Å². The van der Waals surface area contributed by atoms with Crippen molar-refractivity contribution in [1.29, 1.82) is 5.26 Å². The minimum Gasteiger partial charge on any atom is -0.370 e. The van der Waals surface area contributed by atoms with Gasteiger partial charge in [-0.1, -0.05) is 13.8 Å². The number of nitrogens with zero attached hydrogens (tertiary/aromatic N) is 4. The molecular formula is C24H31N5O. The van der Waals surface area contributed by atoms with Crippen molar-refractivity contribution in [2.75, 3.05) is 38.1 Å². The molecule has 6 heteroatoms. The summed E-state index contributed by atoms with van der Waals surface area (Å²) in [5, 5.41) is 13.8. The third-order valence-corrected chi connectivity index (χ3v) is 6.83. The molecule has 2 aliphatic rings. The van der Waals surface area contributed by atoms with Crippen LogP contribution in [-0.4, -0.2) is 55.1 Å². The Morgan fingerprint density at radius 2 is 2.00 bits per heavy atom. The SMILES string of the molecule is CC(C)[C@@H]1CN(c2ccc(C#N)c3ncccc23)CC1C(=O)NC1CCN(C)CC1. The van der Waals surface area contributed by atoms with Crippen molar-refractivity contribution in [2.24, 2.45) is 17.8 Å². The van der Waals surface area contributed by atoms with Crippen molar-refractivity contribution in [3.8, 4) is 6.07 Å². The van der Waals surface area contributed by atoms with Crippen LogP contribution in [0.25, 0.3) is 10.9 Å². The third kappa shape index (κ3) is 3.99. The van der Waals surface area contributed by atoms with Gasteiger partial charge in [0, 0.05) is 36.4 Å². The van der Waals surface area contributed by atoms with Crippen LogP contribution in [0, 0.1) is 29.1 Å². The summed E-state index contributed by atoms with van der Waals surface area (Å²) in [6.07, 6.45) is 3.78. The Bertz CT molecular complexity index is 958. The first-order chi connectivity index (χ1) is 14.5. The third-order valence-electron chi connectivity index (χ3n) is 6.83. The van der Waals surface area contributed by atoms with Crippen LogP contribution in [0.1, 0.15) is 32.3 Å². The van der Waals surface area contributed by atoms with E-state index >= 15 is 0 Å². The standard InChI is InChI=1S/C24H31N5O/c1-16(2)20-14-29(15-21(20)24(30)27-18-8-11-28(3)12-9-18)22-7-6-17(13-25)23-19(22)5-4-10-26-23/h4-7,10,16,18,20-21H,8-9,11-12,14-15H2,1-3H3,(H,27,30)/t20-,21?/m0/s1. The van der Waals surface area contributed by atoms with Crippen molar-refractivity contribution in [2.45, 2.75) is 32.7 Å². The van der Waals surface area contributed by atoms with Gasteiger partial charge in [-0.3, -0.25) is 9.78 Å². The lowest BCUT2D eigenvalue weighted by Gasteiger charge is -2.31. The summed E-state index contributed by atoms with van der Waals surface area (Å²) in [7, 11) is 2.14. The second kappa shape index (κ2) is 8.61. The van der Waals surface area contributed by atoms with E-state index in [0.717, 1.165) is 49.1 Å². The van der Waals surface area contributed by atoms with Gasteiger partial charge >= 0.3 is 0 Å². The Morgan fingerprint density at radius 3 is 2.70 bits per heavy atom. The summed E-state index contributed by atoms with van der Waals surface area (Å²) in [5.41, 5.74) is 2.39. The van der Waals surface area contributed by atoms with E-state index in [4.69, 9.17) is 0 Å². The summed E-state index contributed by atoms with van der Waals surface area (Å²) in [5.74, 6) is 0.901. The summed E-state index contributed by atoms with van der Waals surface area (Å²) in [6.45, 7) is 8.06. The highest BCUT2D eigenvalue weighted by Crippen LogP contribution is 2.37. The highest BCUT2D eigenvalue weighted by molar-refractivity contribution is 5.95. The number of nitriles is 1. The van der Waals surface area contributed by atoms with E-state index in [2.05, 4.69) is 47.1 Å². The molecule has 0 aliphatic carbocycles. The highest BCUT2D eigenvalue weighted by atomic mass is 16.2. The number of hydrogen-bond acceptors (Lipinski definition) is 5. The first kappa shape index (κ1) is 20.6. The second-order valence-electron chi connectivity index (χ2n) is 9.15. The van der Waals surface area contributed by atoms with E-state index in [1.165, 1.54) is 0 Å². The van der Waals surface area contributed by atoms with Crippen LogP contribution < -0.4 is 10.2 Å². The van der Waals surface area contributed by atoms with Gasteiger partial charge in [0.1, 0.15) is 6.07 Å². The fourth-order valence-corrected chi connectivity index (χ4v) is 4.96. The molecule has 0 saturated carbocycles. The normalized spacial score (nSPS) is 23.1. The molecule has 1 unspecified atom stereocenters. The second-order valence-corrected chi connectivity index (χ2v) is 9.15. The van der Waals surface area contributed by atoms with Gasteiger partial charge < -0.3 is 15.1 Å². The number of aromatic nitrogens is 1. The number of likely N-dealkylation sites (tertiary alicyclic amines) is 1. The summed E-state index contributed by atoms with van der Waals surface area (Å²) in [4.78, 5) is 22.3. The number of carbonyl (C=O) groups is 1. The van der Waals surface area contributed by atoms with Crippen molar-refractivity contribution < 1.29 is 4.79 Å². The Kier molecular flexibility index (Phi) is 5.92. The van der Waals surface area contributed by atoms with E-state index in [9.17, 15) is 10.1 Å². The molecule has 2 aliphatic heterocycles. The summed E-state index contributed by atoms with van der Waals surface area (Å²) >= 11 is 0. The lowest BCUT2D eigenvalue weighted by Crippen LogP contribution is -2.47. The molecule has 1 N–H and O–H groups in total. The van der Waals surface area contributed by atoms with Crippen LogP contribution in [0.4, 0.5) is 5.69 Å². The minimum absolute atomic E-state index is 0.0213. The number of fused-ring (bicyclic) bond motifs is 1. The van der Waals surface area contributed by atoms with Crippen LogP contribution in [0.2, 0.25) is 0 Å². The predicted octanol–water partition coefficient (Wildman–Crippen LogP) is 3.03. The van der Waals surface area contributed by atoms with E-state index < -0.39 is 0 Å². The van der Waals surface area contributed by atoms with Crippen LogP contribution in [-0.2, 0) is 4.79 Å². The molecule has 6 nitrogen and oxygen atoms in total. The van der Waals surface area contributed by atoms with Gasteiger partial charge in [0.25, 0.3) is 0 Å². The molecule has 3 heterocycles. The molecule has 0 radical (unpaired) electrons. The number of hydrogen-bond donors (Lipinski definition) is 1. The first-order valence-corrected chi connectivity index (χ1v) is 11.0. The molecule has 2 aromatic rings. The average Bonchev–Trinajstić information content (AvgIpc) is 3.20. The van der Waals surface area contributed by atoms with E-state index in [0.29, 0.717) is 23.9 Å². The molecule has 2 saturated heterocycles. The van der Waals surface area contributed by atoms with Crippen molar-refractivity contribution in [3.63, 3.8) is 0 Å². The number of amides is 1. The molecule has 30 heavy (non-hydrogen) atoms. The number of nitrogens with one attached hydrogen (secondary N) is 1. The van der Waals surface area contributed by atoms with Crippen LogP contribution in [0.3, 0.4) is 0 Å². The van der Waals surface area contributed by atoms with E-state index in [1.807, 2.05) is 24.3 Å². The first-order valence-electron chi connectivity index (χ1n) is 11.0. The predicted molar refractivity (Wildman–Crippen MR) is 119 cm³/mol. The molecular weight excluding hydrogens is 374 g/mol. The molecule has 0 bridgehead atoms. The topological polar surface area (TPSA) is 72.3 Å². The van der Waals surface area contributed by atoms with E-state index in [-0.39, 0.29) is 17.9 Å². The Labute approximate surface area is 178 Å². The van der Waals surface area contributed by atoms with Gasteiger partial charge in [0.15, 0.2) is 0 Å². The lowest BCUT2D eigenvalue weighted by molar-refractivity contribution is -0.127. The zero-order chi connectivity index (χ0) is 21.3. The molecule has 158 valence electrons. The summed E-state index contributed by atoms with van der Waals surface area (Å²) in [6, 6.07) is 10.3. The summed E-state index contributed by atoms with van der Waals surface area (Å²) < 4.78 is 0. The number of benzene rings is 1. The smallest absolute Gasteiger partial charge is 0.225 e. The number of carbonyl (C=O) groups excluding carboxylic acids is 1. The molecule has 1 aromatic heterocycles. The molecule has 2 atom stereocenters. The zero-order valence-corrected chi connectivity index (χ0v) is 18.1. The van der Waals surface area contributed by atoms with E-state index in [1.54, 1.807) is 6.20 Å². The highest BCUT2D eigenvalue weighted by Gasteiger charge is 2.40. The van der Waals surface area contributed by atoms with Crippen LogP contribution >= 0.6 is 0 Å². The molecule has 1 amide bonds. The Balaban J connectivity index is 1.57. The lowest BCUT2D eigenvalue weighted by atomic mass is 9.85. The van der Waals surface area contributed by atoms with Crippen molar-refractivity contribution in [1.82, 2.24) is 15.2 Å². The number of rotatable bonds is 4. The zero-order valence-electron chi connectivity index (χ0n) is 18.1. The number of pyridine rings is 1. The van der Waals surface area contributed by atoms with Crippen molar-refractivity contribution in [3.05, 3.63) is 36.0 Å². The minimum atomic E-state index is -0.0213. The fraction of sp³-hybridized carbons (Fsp3) is 0.542. The molecule has 0 spiro atoms. The van der Waals surface area contributed by atoms with Gasteiger partial charge in [-0.25, -0.2) is 0 Å². The monoisotopic (exact) mass is 405 g/mol. The van der Waals surface area contributed by atoms with Gasteiger partial charge in [-0.2, -0.15) is 5.26 Å². The van der Waals surface area contributed by atoms with Crippen LogP contribution in [0.5, 0.6) is 0 Å². The van der Waals surface area contributed by atoms with Gasteiger partial charge in [-0.15, -0.1) is 0 Å². The van der Waals surface area contributed by atoms with Gasteiger partial charge in [0.2, 0.25) is 5.91 Å². The quantitative estimate of drug-likeness (QED) is 0.847. The molecule has 2 fully saturated rings. The average molecular weight is 406 g/mol. The fourth-order valence-electron chi connectivity index (χ4n) is 4.96. The number of piperidine rings is 1. The molecule has 1 aromatic carbocycles. The Hall–Kier alpha value is -2.65. The van der Waals surface area contributed by atoms with Crippen LogP contribution in [0.15, 0.2) is 30.5 Å². The number of anilines is 1. The maximum atomic E-state index is 13.2. The van der Waals surface area contributed by atoms with Gasteiger partial charge in [0.05, 0.1) is 17.0 Å². The Morgan fingerprint density at radius 1 is 1.23 bits per heavy atom. The maximum absolute atomic E-state index is 13.2. The largest absolute Gasteiger partial charge is 0.370 e. The van der Waals surface area contributed by atoms with Gasteiger partial charge in [-0.05, 0) is 69.1 Å². The molecule has 4 rings (SSSR count).